The third-order valence-electron chi connectivity index (χ3n) is 3.17. The van der Waals surface area contributed by atoms with Crippen LogP contribution in [0.15, 0.2) is 58.1 Å². The average Bonchev–Trinajstić information content (AvgIpc) is 3.03. The maximum atomic E-state index is 12.3. The van der Waals surface area contributed by atoms with E-state index in [0.717, 1.165) is 0 Å². The second-order valence-corrected chi connectivity index (χ2v) is 6.57. The first-order chi connectivity index (χ1) is 11.1. The lowest BCUT2D eigenvalue weighted by Gasteiger charge is -2.07. The standard InChI is InChI=1S/C15H14N4O3S/c1-11-5-2-3-7-13(11)23(20,21)17-10-14-18-19-15(22-14)12-6-4-8-16-9-12/h2-9,17H,10H2,1H3. The van der Waals surface area contributed by atoms with Crippen LogP contribution in [0.25, 0.3) is 11.5 Å². The minimum Gasteiger partial charge on any atom is -0.419 e. The summed E-state index contributed by atoms with van der Waals surface area (Å²) >= 11 is 0. The second kappa shape index (κ2) is 6.27. The summed E-state index contributed by atoms with van der Waals surface area (Å²) in [6.07, 6.45) is 3.23. The van der Waals surface area contributed by atoms with E-state index in [1.807, 2.05) is 0 Å². The first-order valence-electron chi connectivity index (χ1n) is 6.84. The maximum absolute atomic E-state index is 12.3. The lowest BCUT2D eigenvalue weighted by Crippen LogP contribution is -2.24. The molecule has 0 saturated carbocycles. The van der Waals surface area contributed by atoms with Crippen LogP contribution >= 0.6 is 0 Å². The first-order valence-corrected chi connectivity index (χ1v) is 8.33. The average molecular weight is 330 g/mol. The van der Waals surface area contributed by atoms with E-state index in [9.17, 15) is 8.42 Å². The molecule has 3 rings (SSSR count). The van der Waals surface area contributed by atoms with Gasteiger partial charge in [-0.25, -0.2) is 13.1 Å². The molecule has 1 aromatic carbocycles. The van der Waals surface area contributed by atoms with Crippen molar-refractivity contribution in [2.24, 2.45) is 0 Å². The number of benzene rings is 1. The molecule has 0 spiro atoms. The van der Waals surface area contributed by atoms with E-state index in [0.29, 0.717) is 17.0 Å². The number of pyridine rings is 1. The second-order valence-electron chi connectivity index (χ2n) is 4.83. The van der Waals surface area contributed by atoms with Gasteiger partial charge in [0.05, 0.1) is 17.0 Å². The molecule has 0 aliphatic heterocycles. The fraction of sp³-hybridized carbons (Fsp3) is 0.133. The van der Waals surface area contributed by atoms with E-state index in [1.54, 1.807) is 55.7 Å². The molecule has 3 aromatic rings. The number of hydrogen-bond donors (Lipinski definition) is 1. The van der Waals surface area contributed by atoms with Crippen LogP contribution in [0.3, 0.4) is 0 Å². The van der Waals surface area contributed by atoms with E-state index >= 15 is 0 Å². The molecular formula is C15H14N4O3S. The topological polar surface area (TPSA) is 98.0 Å². The Labute approximate surface area is 133 Å². The molecule has 0 saturated heterocycles. The van der Waals surface area contributed by atoms with Crippen LogP contribution in [0, 0.1) is 6.92 Å². The Hall–Kier alpha value is -2.58. The quantitative estimate of drug-likeness (QED) is 0.767. The molecule has 1 N–H and O–H groups in total. The molecule has 0 aliphatic rings. The number of nitrogens with one attached hydrogen (secondary N) is 1. The fourth-order valence-electron chi connectivity index (χ4n) is 2.02. The summed E-state index contributed by atoms with van der Waals surface area (Å²) in [7, 11) is -3.63. The highest BCUT2D eigenvalue weighted by Gasteiger charge is 2.17. The van der Waals surface area contributed by atoms with Gasteiger partial charge in [0.25, 0.3) is 0 Å². The monoisotopic (exact) mass is 330 g/mol. The van der Waals surface area contributed by atoms with Crippen LogP contribution in [0.2, 0.25) is 0 Å². The van der Waals surface area contributed by atoms with Crippen LogP contribution < -0.4 is 4.72 Å². The molecule has 0 aliphatic carbocycles. The molecule has 0 amide bonds. The molecule has 23 heavy (non-hydrogen) atoms. The van der Waals surface area contributed by atoms with Gasteiger partial charge < -0.3 is 4.42 Å². The zero-order valence-electron chi connectivity index (χ0n) is 12.3. The largest absolute Gasteiger partial charge is 0.419 e. The molecule has 0 fully saturated rings. The predicted octanol–water partition coefficient (Wildman–Crippen LogP) is 1.92. The molecule has 2 heterocycles. The Morgan fingerprint density at radius 1 is 1.13 bits per heavy atom. The van der Waals surface area contributed by atoms with Crippen molar-refractivity contribution in [3.05, 3.63) is 60.2 Å². The smallest absolute Gasteiger partial charge is 0.249 e. The summed E-state index contributed by atoms with van der Waals surface area (Å²) in [5, 5.41) is 7.73. The number of nitrogens with zero attached hydrogens (tertiary/aromatic N) is 3. The van der Waals surface area contributed by atoms with Gasteiger partial charge in [-0.05, 0) is 30.7 Å². The van der Waals surface area contributed by atoms with Crippen molar-refractivity contribution >= 4 is 10.0 Å². The summed E-state index contributed by atoms with van der Waals surface area (Å²) in [5.74, 6) is 0.476. The molecule has 0 radical (unpaired) electrons. The van der Waals surface area contributed by atoms with Gasteiger partial charge in [0.2, 0.25) is 21.8 Å². The first kappa shape index (κ1) is 15.3. The third-order valence-corrected chi connectivity index (χ3v) is 4.73. The van der Waals surface area contributed by atoms with Crippen molar-refractivity contribution in [1.29, 1.82) is 0 Å². The Bertz CT molecular complexity index is 907. The van der Waals surface area contributed by atoms with Crippen molar-refractivity contribution in [2.75, 3.05) is 0 Å². The van der Waals surface area contributed by atoms with Crippen molar-refractivity contribution in [2.45, 2.75) is 18.4 Å². The van der Waals surface area contributed by atoms with Crippen molar-refractivity contribution in [1.82, 2.24) is 19.9 Å². The minimum absolute atomic E-state index is 0.0794. The van der Waals surface area contributed by atoms with Crippen molar-refractivity contribution in [3.63, 3.8) is 0 Å². The van der Waals surface area contributed by atoms with Gasteiger partial charge in [-0.1, -0.05) is 18.2 Å². The van der Waals surface area contributed by atoms with Gasteiger partial charge in [0.15, 0.2) is 0 Å². The van der Waals surface area contributed by atoms with E-state index in [4.69, 9.17) is 4.42 Å². The minimum atomic E-state index is -3.63. The maximum Gasteiger partial charge on any atom is 0.249 e. The van der Waals surface area contributed by atoms with Crippen LogP contribution in [0.5, 0.6) is 0 Å². The summed E-state index contributed by atoms with van der Waals surface area (Å²) in [5.41, 5.74) is 1.34. The Morgan fingerprint density at radius 2 is 1.96 bits per heavy atom. The highest BCUT2D eigenvalue weighted by molar-refractivity contribution is 7.89. The summed E-state index contributed by atoms with van der Waals surface area (Å²) in [4.78, 5) is 4.19. The normalized spacial score (nSPS) is 11.5. The lowest BCUT2D eigenvalue weighted by molar-refractivity contribution is 0.494. The van der Waals surface area contributed by atoms with Gasteiger partial charge in [0, 0.05) is 12.4 Å². The third kappa shape index (κ3) is 3.43. The van der Waals surface area contributed by atoms with Crippen LogP contribution in [0.1, 0.15) is 11.5 Å². The van der Waals surface area contributed by atoms with Crippen molar-refractivity contribution < 1.29 is 12.8 Å². The van der Waals surface area contributed by atoms with E-state index in [2.05, 4.69) is 19.9 Å². The summed E-state index contributed by atoms with van der Waals surface area (Å²) in [6, 6.07) is 10.3. The molecule has 118 valence electrons. The van der Waals surface area contributed by atoms with Crippen molar-refractivity contribution in [3.8, 4) is 11.5 Å². The van der Waals surface area contributed by atoms with E-state index < -0.39 is 10.0 Å². The number of aromatic nitrogens is 3. The van der Waals surface area contributed by atoms with Gasteiger partial charge >= 0.3 is 0 Å². The molecule has 2 aromatic heterocycles. The van der Waals surface area contributed by atoms with E-state index in [1.165, 1.54) is 0 Å². The predicted molar refractivity (Wildman–Crippen MR) is 82.7 cm³/mol. The van der Waals surface area contributed by atoms with Gasteiger partial charge in [-0.3, -0.25) is 4.98 Å². The molecule has 8 heteroatoms. The van der Waals surface area contributed by atoms with Gasteiger partial charge in [0.1, 0.15) is 0 Å². The number of aryl methyl sites for hydroxylation is 1. The highest BCUT2D eigenvalue weighted by atomic mass is 32.2. The molecule has 7 nitrogen and oxygen atoms in total. The summed E-state index contributed by atoms with van der Waals surface area (Å²) < 4.78 is 32.5. The zero-order chi connectivity index (χ0) is 16.3. The Morgan fingerprint density at radius 3 is 2.70 bits per heavy atom. The number of rotatable bonds is 5. The Balaban J connectivity index is 1.74. The Kier molecular flexibility index (Phi) is 4.18. The molecule has 0 bridgehead atoms. The van der Waals surface area contributed by atoms with Crippen LogP contribution in [-0.2, 0) is 16.6 Å². The molecule has 0 atom stereocenters. The van der Waals surface area contributed by atoms with Crippen LogP contribution in [-0.4, -0.2) is 23.6 Å². The fourth-order valence-corrected chi connectivity index (χ4v) is 3.24. The SMILES string of the molecule is Cc1ccccc1S(=O)(=O)NCc1nnc(-c2cccnc2)o1. The lowest BCUT2D eigenvalue weighted by atomic mass is 10.2. The van der Waals surface area contributed by atoms with Gasteiger partial charge in [-0.15, -0.1) is 10.2 Å². The molecule has 0 unspecified atom stereocenters. The molecular weight excluding hydrogens is 316 g/mol. The van der Waals surface area contributed by atoms with E-state index in [-0.39, 0.29) is 17.3 Å². The highest BCUT2D eigenvalue weighted by Crippen LogP contribution is 2.17. The van der Waals surface area contributed by atoms with Gasteiger partial charge in [-0.2, -0.15) is 0 Å². The van der Waals surface area contributed by atoms with Crippen LogP contribution in [0.4, 0.5) is 0 Å². The number of sulfonamides is 1. The number of hydrogen-bond acceptors (Lipinski definition) is 6. The zero-order valence-corrected chi connectivity index (χ0v) is 13.1. The summed E-state index contributed by atoms with van der Waals surface area (Å²) in [6.45, 7) is 1.66.